The van der Waals surface area contributed by atoms with Gasteiger partial charge in [0.2, 0.25) is 0 Å². The zero-order chi connectivity index (χ0) is 14.0. The van der Waals surface area contributed by atoms with E-state index in [2.05, 4.69) is 10.2 Å². The quantitative estimate of drug-likeness (QED) is 0.880. The van der Waals surface area contributed by atoms with Crippen LogP contribution in [0.5, 0.6) is 0 Å². The Kier molecular flexibility index (Phi) is 4.06. The van der Waals surface area contributed by atoms with Gasteiger partial charge in [-0.05, 0) is 30.9 Å². The van der Waals surface area contributed by atoms with Gasteiger partial charge in [0.05, 0.1) is 5.60 Å². The third-order valence-electron chi connectivity index (χ3n) is 4.80. The summed E-state index contributed by atoms with van der Waals surface area (Å²) in [5, 5.41) is 14.1. The molecule has 0 amide bonds. The minimum atomic E-state index is -0.715. The van der Waals surface area contributed by atoms with Crippen LogP contribution < -0.4 is 5.32 Å². The second-order valence-corrected chi connectivity index (χ2v) is 6.08. The van der Waals surface area contributed by atoms with Gasteiger partial charge in [-0.25, -0.2) is 4.39 Å². The largest absolute Gasteiger partial charge is 0.389 e. The Hall–Kier alpha value is -0.970. The first-order valence-electron chi connectivity index (χ1n) is 7.59. The maximum absolute atomic E-state index is 14.1. The number of aliphatic hydroxyl groups is 1. The molecule has 3 nitrogen and oxygen atoms in total. The highest BCUT2D eigenvalue weighted by atomic mass is 19.1. The third-order valence-corrected chi connectivity index (χ3v) is 4.80. The molecular weight excluding hydrogens is 255 g/mol. The predicted molar refractivity (Wildman–Crippen MR) is 77.3 cm³/mol. The molecule has 4 heteroatoms. The number of rotatable bonds is 4. The van der Waals surface area contributed by atoms with Crippen molar-refractivity contribution in [3.05, 3.63) is 35.6 Å². The second kappa shape index (κ2) is 5.80. The maximum Gasteiger partial charge on any atom is 0.126 e. The molecule has 1 saturated carbocycles. The van der Waals surface area contributed by atoms with Gasteiger partial charge < -0.3 is 15.3 Å². The molecule has 1 aliphatic heterocycles. The van der Waals surface area contributed by atoms with Crippen molar-refractivity contribution in [2.24, 2.45) is 0 Å². The highest BCUT2D eigenvalue weighted by Crippen LogP contribution is 2.44. The lowest BCUT2D eigenvalue weighted by Crippen LogP contribution is -2.51. The van der Waals surface area contributed by atoms with E-state index in [-0.39, 0.29) is 11.7 Å². The maximum atomic E-state index is 14.1. The summed E-state index contributed by atoms with van der Waals surface area (Å²) < 4.78 is 14.1. The molecule has 2 N–H and O–H groups in total. The van der Waals surface area contributed by atoms with Gasteiger partial charge in [-0.1, -0.05) is 18.2 Å². The van der Waals surface area contributed by atoms with Crippen molar-refractivity contribution >= 4 is 0 Å². The molecule has 3 rings (SSSR count). The fourth-order valence-electron chi connectivity index (χ4n) is 3.35. The van der Waals surface area contributed by atoms with Gasteiger partial charge in [-0.3, -0.25) is 0 Å². The molecule has 1 heterocycles. The smallest absolute Gasteiger partial charge is 0.126 e. The molecule has 110 valence electrons. The van der Waals surface area contributed by atoms with Crippen LogP contribution in [0.25, 0.3) is 0 Å². The lowest BCUT2D eigenvalue weighted by molar-refractivity contribution is -0.0660. The topological polar surface area (TPSA) is 35.5 Å². The van der Waals surface area contributed by atoms with Gasteiger partial charge in [0.15, 0.2) is 0 Å². The molecule has 2 aliphatic rings. The Morgan fingerprint density at radius 3 is 2.55 bits per heavy atom. The first kappa shape index (κ1) is 14.0. The van der Waals surface area contributed by atoms with Crippen molar-refractivity contribution < 1.29 is 9.50 Å². The van der Waals surface area contributed by atoms with Crippen LogP contribution in [0.2, 0.25) is 0 Å². The molecule has 1 aliphatic carbocycles. The average molecular weight is 278 g/mol. The van der Waals surface area contributed by atoms with Gasteiger partial charge in [0, 0.05) is 38.6 Å². The van der Waals surface area contributed by atoms with Crippen LogP contribution in [-0.2, 0) is 0 Å². The number of benzene rings is 1. The van der Waals surface area contributed by atoms with E-state index in [1.807, 2.05) is 12.1 Å². The first-order chi connectivity index (χ1) is 9.69. The molecule has 2 fully saturated rings. The van der Waals surface area contributed by atoms with Crippen molar-refractivity contribution in [3.63, 3.8) is 0 Å². The molecule has 0 spiro atoms. The molecule has 0 aromatic heterocycles. The Labute approximate surface area is 119 Å². The summed E-state index contributed by atoms with van der Waals surface area (Å²) in [6, 6.07) is 6.91. The van der Waals surface area contributed by atoms with Crippen molar-refractivity contribution in [1.29, 1.82) is 0 Å². The van der Waals surface area contributed by atoms with Crippen molar-refractivity contribution in [2.75, 3.05) is 32.7 Å². The predicted octanol–water partition coefficient (Wildman–Crippen LogP) is 1.73. The summed E-state index contributed by atoms with van der Waals surface area (Å²) in [6.07, 6.45) is 2.62. The Balaban J connectivity index is 1.82. The van der Waals surface area contributed by atoms with Crippen molar-refractivity contribution in [3.8, 4) is 0 Å². The summed E-state index contributed by atoms with van der Waals surface area (Å²) >= 11 is 0. The van der Waals surface area contributed by atoms with E-state index in [9.17, 15) is 9.50 Å². The molecule has 1 saturated heterocycles. The summed E-state index contributed by atoms with van der Waals surface area (Å²) in [6.45, 7) is 4.64. The van der Waals surface area contributed by atoms with Crippen molar-refractivity contribution in [1.82, 2.24) is 10.2 Å². The van der Waals surface area contributed by atoms with Crippen LogP contribution in [-0.4, -0.2) is 48.3 Å². The summed E-state index contributed by atoms with van der Waals surface area (Å²) in [7, 11) is 0. The monoisotopic (exact) mass is 278 g/mol. The average Bonchev–Trinajstić information content (AvgIpc) is 2.44. The molecule has 1 unspecified atom stereocenters. The molecule has 1 atom stereocenters. The highest BCUT2D eigenvalue weighted by Gasteiger charge is 2.44. The van der Waals surface area contributed by atoms with Crippen molar-refractivity contribution in [2.45, 2.75) is 30.8 Å². The highest BCUT2D eigenvalue weighted by molar-refractivity contribution is 5.26. The Morgan fingerprint density at radius 2 is 1.95 bits per heavy atom. The second-order valence-electron chi connectivity index (χ2n) is 6.08. The minimum Gasteiger partial charge on any atom is -0.389 e. The van der Waals surface area contributed by atoms with Crippen LogP contribution >= 0.6 is 0 Å². The van der Waals surface area contributed by atoms with E-state index < -0.39 is 5.60 Å². The van der Waals surface area contributed by atoms with E-state index in [1.54, 1.807) is 6.07 Å². The molecule has 1 aromatic rings. The fraction of sp³-hybridized carbons (Fsp3) is 0.625. The number of hydrogen-bond acceptors (Lipinski definition) is 3. The number of halogens is 1. The van der Waals surface area contributed by atoms with E-state index in [0.717, 1.165) is 52.0 Å². The molecule has 20 heavy (non-hydrogen) atoms. The summed E-state index contributed by atoms with van der Waals surface area (Å²) in [5.41, 5.74) is -0.0409. The molecule has 0 bridgehead atoms. The van der Waals surface area contributed by atoms with Crippen LogP contribution in [0.4, 0.5) is 4.39 Å². The van der Waals surface area contributed by atoms with Gasteiger partial charge >= 0.3 is 0 Å². The summed E-state index contributed by atoms with van der Waals surface area (Å²) in [5.74, 6) is -0.302. The van der Waals surface area contributed by atoms with Gasteiger partial charge in [0.1, 0.15) is 5.82 Å². The number of nitrogens with zero attached hydrogens (tertiary/aromatic N) is 1. The van der Waals surface area contributed by atoms with E-state index in [1.165, 1.54) is 6.07 Å². The number of piperazine rings is 1. The van der Waals surface area contributed by atoms with Crippen LogP contribution in [0.3, 0.4) is 0 Å². The SMILES string of the molecule is OC1(C(CN2CCNCC2)c2ccccc2F)CCC1. The first-order valence-corrected chi connectivity index (χ1v) is 7.59. The summed E-state index contributed by atoms with van der Waals surface area (Å²) in [4.78, 5) is 2.34. The van der Waals surface area contributed by atoms with Gasteiger partial charge in [0.25, 0.3) is 0 Å². The fourth-order valence-corrected chi connectivity index (χ4v) is 3.35. The van der Waals surface area contributed by atoms with E-state index >= 15 is 0 Å². The number of hydrogen-bond donors (Lipinski definition) is 2. The standard InChI is InChI=1S/C16H23FN2O/c17-15-5-2-1-4-13(15)14(16(20)6-3-7-16)12-19-10-8-18-9-11-19/h1-2,4-5,14,18,20H,3,6-12H2. The normalized spacial score (nSPS) is 24.1. The van der Waals surface area contributed by atoms with E-state index in [0.29, 0.717) is 5.56 Å². The molecule has 1 aromatic carbocycles. The van der Waals surface area contributed by atoms with E-state index in [4.69, 9.17) is 0 Å². The Bertz CT molecular complexity index is 456. The lowest BCUT2D eigenvalue weighted by atomic mass is 9.68. The third kappa shape index (κ3) is 2.73. The molecular formula is C16H23FN2O. The zero-order valence-corrected chi connectivity index (χ0v) is 11.8. The van der Waals surface area contributed by atoms with Crippen LogP contribution in [0.1, 0.15) is 30.7 Å². The lowest BCUT2D eigenvalue weighted by Gasteiger charge is -2.45. The Morgan fingerprint density at radius 1 is 1.25 bits per heavy atom. The molecule has 0 radical (unpaired) electrons. The number of nitrogens with one attached hydrogen (secondary N) is 1. The van der Waals surface area contributed by atoms with Gasteiger partial charge in [-0.15, -0.1) is 0 Å². The van der Waals surface area contributed by atoms with Crippen LogP contribution in [0.15, 0.2) is 24.3 Å². The van der Waals surface area contributed by atoms with Crippen LogP contribution in [0, 0.1) is 5.82 Å². The minimum absolute atomic E-state index is 0.115. The van der Waals surface area contributed by atoms with Gasteiger partial charge in [-0.2, -0.15) is 0 Å². The zero-order valence-electron chi connectivity index (χ0n) is 11.8.